The van der Waals surface area contributed by atoms with Gasteiger partial charge >= 0.3 is 0 Å². The summed E-state index contributed by atoms with van der Waals surface area (Å²) in [5, 5.41) is 2.07. The van der Waals surface area contributed by atoms with E-state index in [0.29, 0.717) is 5.82 Å². The molecule has 0 radical (unpaired) electrons. The first-order valence-corrected chi connectivity index (χ1v) is 9.39. The van der Waals surface area contributed by atoms with Gasteiger partial charge in [-0.25, -0.2) is 9.97 Å². The summed E-state index contributed by atoms with van der Waals surface area (Å²) in [6.07, 6.45) is 0.831. The van der Waals surface area contributed by atoms with E-state index < -0.39 is 0 Å². The van der Waals surface area contributed by atoms with Crippen LogP contribution in [0.4, 0.5) is 0 Å². The summed E-state index contributed by atoms with van der Waals surface area (Å²) in [7, 11) is 5.77. The lowest BCUT2D eigenvalue weighted by Crippen LogP contribution is -2.21. The van der Waals surface area contributed by atoms with Crippen LogP contribution >= 0.6 is 0 Å². The van der Waals surface area contributed by atoms with Crippen LogP contribution in [0.3, 0.4) is 0 Å². The summed E-state index contributed by atoms with van der Waals surface area (Å²) in [4.78, 5) is 15.2. The number of H-pyrrole nitrogens is 1. The van der Waals surface area contributed by atoms with E-state index in [-0.39, 0.29) is 6.04 Å². The van der Waals surface area contributed by atoms with E-state index in [1.807, 2.05) is 42.5 Å². The molecule has 1 atom stereocenters. The zero-order valence-electron chi connectivity index (χ0n) is 16.4. The summed E-state index contributed by atoms with van der Waals surface area (Å²) in [6.45, 7) is 0.904. The Morgan fingerprint density at radius 2 is 1.93 bits per heavy atom. The molecule has 28 heavy (non-hydrogen) atoms. The first-order chi connectivity index (χ1) is 13.5. The van der Waals surface area contributed by atoms with Crippen LogP contribution in [0.15, 0.2) is 48.5 Å². The summed E-state index contributed by atoms with van der Waals surface area (Å²) < 4.78 is 5.33. The van der Waals surface area contributed by atoms with Crippen LogP contribution in [-0.4, -0.2) is 47.6 Å². The Morgan fingerprint density at radius 1 is 1.11 bits per heavy atom. The smallest absolute Gasteiger partial charge is 0.176 e. The van der Waals surface area contributed by atoms with Crippen LogP contribution in [0.2, 0.25) is 0 Å². The molecular weight excluding hydrogens is 350 g/mol. The van der Waals surface area contributed by atoms with Crippen molar-refractivity contribution in [3.05, 3.63) is 54.2 Å². The number of nitrogens with one attached hydrogen (secondary N) is 1. The molecule has 6 heteroatoms. The molecule has 0 aliphatic heterocycles. The molecule has 2 aromatic heterocycles. The number of fused-ring (bicyclic) bond motifs is 2. The van der Waals surface area contributed by atoms with Gasteiger partial charge in [-0.3, -0.25) is 0 Å². The topological polar surface area (TPSA) is 80.1 Å². The minimum absolute atomic E-state index is 0.154. The third-order valence-corrected chi connectivity index (χ3v) is 4.94. The molecule has 0 amide bonds. The number of hydrogen-bond donors (Lipinski definition) is 2. The van der Waals surface area contributed by atoms with Gasteiger partial charge in [-0.05, 0) is 57.4 Å². The van der Waals surface area contributed by atoms with Crippen LogP contribution in [-0.2, 0) is 0 Å². The van der Waals surface area contributed by atoms with Gasteiger partial charge in [0.25, 0.3) is 0 Å². The van der Waals surface area contributed by atoms with Crippen LogP contribution in [0, 0.1) is 0 Å². The molecule has 2 heterocycles. The largest absolute Gasteiger partial charge is 0.497 e. The van der Waals surface area contributed by atoms with Gasteiger partial charge in [0, 0.05) is 22.3 Å². The van der Waals surface area contributed by atoms with Gasteiger partial charge in [-0.2, -0.15) is 0 Å². The second-order valence-electron chi connectivity index (χ2n) is 7.28. The molecule has 0 bridgehead atoms. The van der Waals surface area contributed by atoms with Crippen LogP contribution in [0.5, 0.6) is 5.75 Å². The van der Waals surface area contributed by atoms with Crippen molar-refractivity contribution >= 4 is 21.8 Å². The zero-order chi connectivity index (χ0) is 19.7. The Hall–Kier alpha value is -2.96. The van der Waals surface area contributed by atoms with Crippen molar-refractivity contribution in [2.24, 2.45) is 5.73 Å². The number of rotatable bonds is 6. The number of para-hydroxylation sites is 1. The lowest BCUT2D eigenvalue weighted by Gasteiger charge is -2.17. The molecule has 4 rings (SSSR count). The van der Waals surface area contributed by atoms with E-state index in [1.54, 1.807) is 7.11 Å². The highest BCUT2D eigenvalue weighted by molar-refractivity contribution is 5.88. The quantitative estimate of drug-likeness (QED) is 0.537. The second-order valence-corrected chi connectivity index (χ2v) is 7.28. The van der Waals surface area contributed by atoms with Crippen molar-refractivity contribution in [3.63, 3.8) is 0 Å². The molecule has 3 N–H and O–H groups in total. The Labute approximate surface area is 164 Å². The van der Waals surface area contributed by atoms with Gasteiger partial charge in [0.2, 0.25) is 0 Å². The number of aromatic nitrogens is 3. The van der Waals surface area contributed by atoms with E-state index in [1.165, 1.54) is 0 Å². The van der Waals surface area contributed by atoms with Gasteiger partial charge in [-0.15, -0.1) is 0 Å². The van der Waals surface area contributed by atoms with E-state index in [2.05, 4.69) is 30.0 Å². The number of methoxy groups -OCH3 is 1. The van der Waals surface area contributed by atoms with Gasteiger partial charge in [-0.1, -0.05) is 18.2 Å². The predicted octanol–water partition coefficient (Wildman–Crippen LogP) is 3.74. The van der Waals surface area contributed by atoms with Crippen molar-refractivity contribution < 1.29 is 4.74 Å². The van der Waals surface area contributed by atoms with Crippen molar-refractivity contribution in [3.8, 4) is 17.3 Å². The minimum atomic E-state index is -0.154. The maximum absolute atomic E-state index is 6.53. The SMILES string of the molecule is COc1ccc2[nH]c(-c3nc(C(N)CCN(C)C)c4ccccc4n3)cc2c1. The molecule has 144 valence electrons. The monoisotopic (exact) mass is 375 g/mol. The summed E-state index contributed by atoms with van der Waals surface area (Å²) in [5.74, 6) is 1.48. The average Bonchev–Trinajstić information content (AvgIpc) is 3.14. The maximum Gasteiger partial charge on any atom is 0.176 e. The number of nitrogens with zero attached hydrogens (tertiary/aromatic N) is 3. The van der Waals surface area contributed by atoms with Crippen LogP contribution in [0.25, 0.3) is 33.3 Å². The highest BCUT2D eigenvalue weighted by Crippen LogP contribution is 2.29. The molecule has 2 aromatic carbocycles. The first kappa shape index (κ1) is 18.4. The lowest BCUT2D eigenvalue weighted by atomic mass is 10.0. The fourth-order valence-electron chi connectivity index (χ4n) is 3.40. The van der Waals surface area contributed by atoms with E-state index in [0.717, 1.165) is 51.9 Å². The Bertz CT molecular complexity index is 1120. The molecule has 0 fully saturated rings. The maximum atomic E-state index is 6.53. The average molecular weight is 375 g/mol. The van der Waals surface area contributed by atoms with Crippen molar-refractivity contribution in [1.82, 2.24) is 19.9 Å². The highest BCUT2D eigenvalue weighted by Gasteiger charge is 2.16. The zero-order valence-corrected chi connectivity index (χ0v) is 16.4. The Morgan fingerprint density at radius 3 is 2.71 bits per heavy atom. The first-order valence-electron chi connectivity index (χ1n) is 9.39. The van der Waals surface area contributed by atoms with Gasteiger partial charge in [0.1, 0.15) is 5.75 Å². The summed E-state index contributed by atoms with van der Waals surface area (Å²) >= 11 is 0. The third-order valence-electron chi connectivity index (χ3n) is 4.94. The van der Waals surface area contributed by atoms with Gasteiger partial charge in [0.15, 0.2) is 5.82 Å². The predicted molar refractivity (Wildman–Crippen MR) is 113 cm³/mol. The third kappa shape index (κ3) is 3.56. The number of benzene rings is 2. The molecule has 0 aliphatic rings. The summed E-state index contributed by atoms with van der Waals surface area (Å²) in [5.41, 5.74) is 10.2. The van der Waals surface area contributed by atoms with Crippen LogP contribution in [0.1, 0.15) is 18.2 Å². The standard InChI is InChI=1S/C22H25N5O/c1-27(2)11-10-17(23)21-16-6-4-5-7-19(16)25-22(26-21)20-13-14-12-15(28-3)8-9-18(14)24-20/h4-9,12-13,17,24H,10-11,23H2,1-3H3. The number of nitrogens with two attached hydrogens (primary N) is 1. The Balaban J connectivity index is 1.81. The molecule has 0 saturated carbocycles. The van der Waals surface area contributed by atoms with Gasteiger partial charge < -0.3 is 20.4 Å². The number of aromatic amines is 1. The molecular formula is C22H25N5O. The lowest BCUT2D eigenvalue weighted by molar-refractivity contribution is 0.381. The molecule has 0 saturated heterocycles. The van der Waals surface area contributed by atoms with E-state index >= 15 is 0 Å². The summed E-state index contributed by atoms with van der Waals surface area (Å²) in [6, 6.07) is 15.9. The van der Waals surface area contributed by atoms with Crippen LogP contribution < -0.4 is 10.5 Å². The number of ether oxygens (including phenoxy) is 1. The van der Waals surface area contributed by atoms with E-state index in [9.17, 15) is 0 Å². The molecule has 0 aliphatic carbocycles. The molecule has 6 nitrogen and oxygen atoms in total. The molecule has 0 spiro atoms. The van der Waals surface area contributed by atoms with Gasteiger partial charge in [0.05, 0.1) is 24.0 Å². The van der Waals surface area contributed by atoms with E-state index in [4.69, 9.17) is 20.4 Å². The molecule has 1 unspecified atom stereocenters. The minimum Gasteiger partial charge on any atom is -0.497 e. The fourth-order valence-corrected chi connectivity index (χ4v) is 3.40. The second kappa shape index (κ2) is 7.58. The Kier molecular flexibility index (Phi) is 4.98. The van der Waals surface area contributed by atoms with Crippen molar-refractivity contribution in [2.45, 2.75) is 12.5 Å². The fraction of sp³-hybridized carbons (Fsp3) is 0.273. The van der Waals surface area contributed by atoms with Crippen molar-refractivity contribution in [1.29, 1.82) is 0 Å². The highest BCUT2D eigenvalue weighted by atomic mass is 16.5. The van der Waals surface area contributed by atoms with Crippen molar-refractivity contribution in [2.75, 3.05) is 27.7 Å². The normalized spacial score (nSPS) is 12.8. The molecule has 4 aromatic rings. The number of hydrogen-bond acceptors (Lipinski definition) is 5.